The number of nitrogens with one attached hydrogen (secondary N) is 1. The van der Waals surface area contributed by atoms with Crippen molar-refractivity contribution in [1.29, 1.82) is 0 Å². The van der Waals surface area contributed by atoms with Crippen molar-refractivity contribution in [3.05, 3.63) is 94.2 Å². The third-order valence-corrected chi connectivity index (χ3v) is 9.52. The first-order chi connectivity index (χ1) is 19.4. The van der Waals surface area contributed by atoms with E-state index in [0.717, 1.165) is 12.1 Å². The summed E-state index contributed by atoms with van der Waals surface area (Å²) in [4.78, 5) is 14.9. The lowest BCUT2D eigenvalue weighted by atomic mass is 9.95. The number of halogens is 4. The molecule has 5 rings (SSSR count). The molecule has 2 aliphatic rings. The Morgan fingerprint density at radius 1 is 1.05 bits per heavy atom. The van der Waals surface area contributed by atoms with Crippen LogP contribution in [0.2, 0.25) is 0 Å². The minimum absolute atomic E-state index is 0.0276. The van der Waals surface area contributed by atoms with Crippen molar-refractivity contribution in [2.45, 2.75) is 67.3 Å². The molecule has 2 aliphatic heterocycles. The van der Waals surface area contributed by atoms with Crippen LogP contribution in [0.4, 0.5) is 13.2 Å². The third kappa shape index (κ3) is 6.45. The molecule has 3 aromatic carbocycles. The number of alkyl halides is 2. The van der Waals surface area contributed by atoms with Crippen LogP contribution in [-0.4, -0.2) is 43.4 Å². The molecule has 3 atom stereocenters. The number of carbonyl (C=O) groups excluding carboxylic acids is 1. The smallest absolute Gasteiger partial charge is 0.298 e. The number of hydrogen-bond donors (Lipinski definition) is 2. The summed E-state index contributed by atoms with van der Waals surface area (Å²) in [6.45, 7) is 0.0276. The van der Waals surface area contributed by atoms with Gasteiger partial charge in [-0.3, -0.25) is 4.79 Å². The maximum Gasteiger partial charge on any atom is 0.298 e. The van der Waals surface area contributed by atoms with Gasteiger partial charge in [-0.25, -0.2) is 12.8 Å². The van der Waals surface area contributed by atoms with Crippen LogP contribution >= 0.6 is 15.9 Å². The van der Waals surface area contributed by atoms with Crippen molar-refractivity contribution in [2.75, 3.05) is 0 Å². The van der Waals surface area contributed by atoms with Crippen molar-refractivity contribution < 1.29 is 31.1 Å². The van der Waals surface area contributed by atoms with Crippen LogP contribution in [0.25, 0.3) is 0 Å². The molecule has 0 spiro atoms. The highest BCUT2D eigenvalue weighted by Crippen LogP contribution is 2.40. The lowest BCUT2D eigenvalue weighted by Gasteiger charge is -2.41. The number of ether oxygens (including phenoxy) is 1. The Bertz CT molecular complexity index is 1490. The Kier molecular flexibility index (Phi) is 8.47. The number of carbonyl (C=O) groups is 1. The highest BCUT2D eigenvalue weighted by atomic mass is 79.9. The van der Waals surface area contributed by atoms with Crippen molar-refractivity contribution in [2.24, 2.45) is 5.73 Å². The van der Waals surface area contributed by atoms with Gasteiger partial charge in [-0.15, -0.1) is 0 Å². The second-order valence-corrected chi connectivity index (χ2v) is 13.1. The molecular weight excluding hydrogens is 623 g/mol. The third-order valence-electron chi connectivity index (χ3n) is 7.57. The van der Waals surface area contributed by atoms with Gasteiger partial charge in [0.1, 0.15) is 18.2 Å². The molecule has 2 saturated heterocycles. The van der Waals surface area contributed by atoms with Crippen LogP contribution in [0.3, 0.4) is 0 Å². The van der Waals surface area contributed by atoms with Gasteiger partial charge in [-0.1, -0.05) is 46.3 Å². The van der Waals surface area contributed by atoms with Gasteiger partial charge >= 0.3 is 0 Å². The number of benzene rings is 3. The molecule has 2 bridgehead atoms. The topological polar surface area (TPSA) is 102 Å². The van der Waals surface area contributed by atoms with E-state index in [4.69, 9.17) is 10.5 Å². The Balaban J connectivity index is 1.43. The fraction of sp³-hybridized carbons (Fsp3) is 0.345. The van der Waals surface area contributed by atoms with Gasteiger partial charge in [0.15, 0.2) is 6.04 Å². The van der Waals surface area contributed by atoms with Crippen molar-refractivity contribution in [3.63, 3.8) is 0 Å². The summed E-state index contributed by atoms with van der Waals surface area (Å²) in [5.41, 5.74) is 6.26. The van der Waals surface area contributed by atoms with Crippen LogP contribution in [0.1, 0.15) is 36.8 Å². The van der Waals surface area contributed by atoms with E-state index in [9.17, 15) is 17.6 Å². The summed E-state index contributed by atoms with van der Waals surface area (Å²) in [7, 11) is -4.62. The van der Waals surface area contributed by atoms with Crippen molar-refractivity contribution in [3.8, 4) is 5.75 Å². The molecule has 41 heavy (non-hydrogen) atoms. The molecule has 3 aromatic rings. The van der Waals surface area contributed by atoms with Crippen LogP contribution < -0.4 is 15.2 Å². The number of nitrogens with two attached hydrogens (primary N) is 1. The fourth-order valence-corrected chi connectivity index (χ4v) is 7.04. The van der Waals surface area contributed by atoms with Gasteiger partial charge in [0.2, 0.25) is 15.9 Å². The van der Waals surface area contributed by atoms with Crippen LogP contribution in [0, 0.1) is 5.82 Å². The maximum absolute atomic E-state index is 16.1. The van der Waals surface area contributed by atoms with Crippen LogP contribution in [-0.2, 0) is 27.3 Å². The SMILES string of the molecule is NC1CC2CCC(C1)N2C(=O)C(NS(=O)(=O)c1cccc(OCc2ccc(F)cc2)c1)C(F)(F)c1ccc(Br)cc1. The molecule has 3 unspecified atom stereocenters. The summed E-state index contributed by atoms with van der Waals surface area (Å²) in [6.07, 6.45) is 2.19. The van der Waals surface area contributed by atoms with Crippen molar-refractivity contribution >= 4 is 31.9 Å². The van der Waals surface area contributed by atoms with E-state index in [-0.39, 0.29) is 35.4 Å². The molecule has 2 heterocycles. The molecule has 0 saturated carbocycles. The zero-order valence-electron chi connectivity index (χ0n) is 21.9. The van der Waals surface area contributed by atoms with Gasteiger partial charge in [-0.2, -0.15) is 13.5 Å². The van der Waals surface area contributed by atoms with Crippen LogP contribution in [0.15, 0.2) is 82.2 Å². The summed E-state index contributed by atoms with van der Waals surface area (Å²) in [6, 6.07) is 12.9. The van der Waals surface area contributed by atoms with E-state index < -0.39 is 39.3 Å². The molecular formula is C29H29BrF3N3O4S. The standard InChI is InChI=1S/C29H29BrF3N3O4S/c30-20-8-6-19(7-9-20)29(32,33)27(28(37)36-23-12-13-24(36)15-22(34)14-23)35-41(38,39)26-3-1-2-25(16-26)40-17-18-4-10-21(31)11-5-18/h1-11,16,22-24,27,35H,12-15,17,34H2. The van der Waals surface area contributed by atoms with Crippen molar-refractivity contribution in [1.82, 2.24) is 9.62 Å². The summed E-state index contributed by atoms with van der Waals surface area (Å²) < 4.78 is 80.7. The normalized spacial score (nSPS) is 21.5. The average Bonchev–Trinajstić information content (AvgIpc) is 3.22. The fourth-order valence-electron chi connectivity index (χ4n) is 5.55. The Morgan fingerprint density at radius 3 is 2.32 bits per heavy atom. The first kappa shape index (κ1) is 29.6. The number of nitrogens with zero attached hydrogens (tertiary/aromatic N) is 1. The van der Waals surface area contributed by atoms with Gasteiger partial charge < -0.3 is 15.4 Å². The number of piperidine rings is 1. The highest BCUT2D eigenvalue weighted by Gasteiger charge is 2.53. The molecule has 0 radical (unpaired) electrons. The van der Waals surface area contributed by atoms with E-state index in [1.165, 1.54) is 65.6 Å². The second-order valence-electron chi connectivity index (χ2n) is 10.4. The molecule has 218 valence electrons. The number of rotatable bonds is 9. The number of hydrogen-bond acceptors (Lipinski definition) is 5. The maximum atomic E-state index is 16.1. The van der Waals surface area contributed by atoms with E-state index in [1.54, 1.807) is 0 Å². The van der Waals surface area contributed by atoms with Gasteiger partial charge in [0.05, 0.1) is 4.90 Å². The Morgan fingerprint density at radius 2 is 1.68 bits per heavy atom. The predicted molar refractivity (Wildman–Crippen MR) is 150 cm³/mol. The molecule has 0 aromatic heterocycles. The summed E-state index contributed by atoms with van der Waals surface area (Å²) >= 11 is 3.22. The summed E-state index contributed by atoms with van der Waals surface area (Å²) in [5.74, 6) is -5.11. The quantitative estimate of drug-likeness (QED) is 0.336. The predicted octanol–water partition coefficient (Wildman–Crippen LogP) is 5.09. The first-order valence-electron chi connectivity index (χ1n) is 13.2. The Labute approximate surface area is 245 Å². The van der Waals surface area contributed by atoms with Gasteiger partial charge in [0, 0.05) is 34.2 Å². The minimum atomic E-state index is -4.62. The largest absolute Gasteiger partial charge is 0.489 e. The van der Waals surface area contributed by atoms with Gasteiger partial charge in [0.25, 0.3) is 5.92 Å². The zero-order valence-corrected chi connectivity index (χ0v) is 24.3. The summed E-state index contributed by atoms with van der Waals surface area (Å²) in [5, 5.41) is 0. The van der Waals surface area contributed by atoms with E-state index in [2.05, 4.69) is 15.9 Å². The zero-order chi connectivity index (χ0) is 29.4. The van der Waals surface area contributed by atoms with Gasteiger partial charge in [-0.05, 0) is 67.6 Å². The number of amides is 1. The highest BCUT2D eigenvalue weighted by molar-refractivity contribution is 9.10. The van der Waals surface area contributed by atoms with Crippen LogP contribution in [0.5, 0.6) is 5.75 Å². The lowest BCUT2D eigenvalue weighted by molar-refractivity contribution is -0.149. The molecule has 7 nitrogen and oxygen atoms in total. The van der Waals surface area contributed by atoms with E-state index in [1.807, 2.05) is 4.72 Å². The molecule has 12 heteroatoms. The first-order valence-corrected chi connectivity index (χ1v) is 15.4. The Hall–Kier alpha value is -2.93. The monoisotopic (exact) mass is 651 g/mol. The molecule has 2 fully saturated rings. The molecule has 3 N–H and O–H groups in total. The number of fused-ring (bicyclic) bond motifs is 2. The molecule has 1 amide bonds. The average molecular weight is 653 g/mol. The minimum Gasteiger partial charge on any atom is -0.489 e. The number of sulfonamides is 1. The molecule has 0 aliphatic carbocycles. The lowest BCUT2D eigenvalue weighted by Crippen LogP contribution is -2.60. The van der Waals surface area contributed by atoms with E-state index >= 15 is 8.78 Å². The second kappa shape index (κ2) is 11.7. The van der Waals surface area contributed by atoms with E-state index in [0.29, 0.717) is 35.7 Å².